The van der Waals surface area contributed by atoms with E-state index in [2.05, 4.69) is 15.4 Å². The lowest BCUT2D eigenvalue weighted by molar-refractivity contribution is 0.0995. The van der Waals surface area contributed by atoms with Gasteiger partial charge in [0.05, 0.1) is 18.3 Å². The zero-order valence-electron chi connectivity index (χ0n) is 18.7. The summed E-state index contributed by atoms with van der Waals surface area (Å²) in [5, 5.41) is 7.16. The zero-order chi connectivity index (χ0) is 23.1. The number of hydrogen-bond donors (Lipinski definition) is 3. The first-order chi connectivity index (χ1) is 14.9. The molecule has 3 rings (SSSR count). The van der Waals surface area contributed by atoms with Gasteiger partial charge in [-0.1, -0.05) is 13.8 Å². The third-order valence-electron chi connectivity index (χ3n) is 4.56. The molecule has 0 bridgehead atoms. The average molecular weight is 430 g/mol. The van der Waals surface area contributed by atoms with Gasteiger partial charge in [-0.25, -0.2) is 4.98 Å². The molecule has 2 amide bonds. The summed E-state index contributed by atoms with van der Waals surface area (Å²) in [6, 6.07) is 4.86. The summed E-state index contributed by atoms with van der Waals surface area (Å²) in [7, 11) is 1.50. The van der Waals surface area contributed by atoms with Crippen LogP contribution in [0.5, 0.6) is 5.75 Å². The van der Waals surface area contributed by atoms with Crippen molar-refractivity contribution in [1.29, 1.82) is 0 Å². The fourth-order valence-corrected chi connectivity index (χ4v) is 3.23. The predicted octanol–water partition coefficient (Wildman–Crippen LogP) is 2.30. The summed E-state index contributed by atoms with van der Waals surface area (Å²) in [6.45, 7) is 9.29. The molecule has 168 valence electrons. The minimum absolute atomic E-state index is 0.274. The lowest BCUT2D eigenvalue weighted by Gasteiger charge is -2.12. The molecule has 0 unspecified atom stereocenters. The molecular weight excluding hydrogens is 398 g/mol. The highest BCUT2D eigenvalue weighted by Crippen LogP contribution is 2.31. The maximum Gasteiger partial charge on any atom is 0.276 e. The van der Waals surface area contributed by atoms with Crippen molar-refractivity contribution in [2.45, 2.75) is 47.2 Å². The number of benzene rings is 1. The monoisotopic (exact) mass is 429 g/mol. The average Bonchev–Trinajstić information content (AvgIpc) is 3.32. The van der Waals surface area contributed by atoms with Crippen LogP contribution in [0.25, 0.3) is 11.0 Å². The van der Waals surface area contributed by atoms with E-state index in [0.29, 0.717) is 54.5 Å². The quantitative estimate of drug-likeness (QED) is 0.501. The van der Waals surface area contributed by atoms with Gasteiger partial charge in [-0.2, -0.15) is 5.10 Å². The highest BCUT2D eigenvalue weighted by Gasteiger charge is 2.21. The molecule has 0 radical (unpaired) electrons. The van der Waals surface area contributed by atoms with E-state index in [1.165, 1.54) is 7.11 Å². The van der Waals surface area contributed by atoms with Crippen molar-refractivity contribution >= 4 is 28.8 Å². The lowest BCUT2D eigenvalue weighted by atomic mass is 10.1. The van der Waals surface area contributed by atoms with Gasteiger partial charge in [0, 0.05) is 18.7 Å². The number of carbonyl (C=O) groups excluding carboxylic acids is 2. The van der Waals surface area contributed by atoms with Crippen molar-refractivity contribution in [3.8, 4) is 5.75 Å². The first-order valence-corrected chi connectivity index (χ1v) is 10.3. The normalized spacial score (nSPS) is 10.5. The van der Waals surface area contributed by atoms with E-state index in [1.54, 1.807) is 22.9 Å². The van der Waals surface area contributed by atoms with E-state index in [9.17, 15) is 9.59 Å². The van der Waals surface area contributed by atoms with E-state index in [1.807, 2.05) is 32.3 Å². The lowest BCUT2D eigenvalue weighted by Crippen LogP contribution is -2.20. The predicted molar refractivity (Wildman–Crippen MR) is 120 cm³/mol. The second kappa shape index (κ2) is 10.6. The Morgan fingerprint density at radius 3 is 2.52 bits per heavy atom. The third kappa shape index (κ3) is 5.02. The summed E-state index contributed by atoms with van der Waals surface area (Å²) in [5.74, 6) is -0.142. The Labute approximate surface area is 181 Å². The maximum absolute atomic E-state index is 12.9. The van der Waals surface area contributed by atoms with Gasteiger partial charge in [0.25, 0.3) is 5.91 Å². The molecule has 0 saturated heterocycles. The highest BCUT2D eigenvalue weighted by atomic mass is 16.5. The van der Waals surface area contributed by atoms with Crippen LogP contribution in [0.4, 0.5) is 5.95 Å². The zero-order valence-corrected chi connectivity index (χ0v) is 18.7. The number of hydrogen-bond acceptors (Lipinski definition) is 6. The second-order valence-electron chi connectivity index (χ2n) is 6.58. The van der Waals surface area contributed by atoms with E-state index >= 15 is 0 Å². The van der Waals surface area contributed by atoms with Crippen molar-refractivity contribution in [2.75, 3.05) is 19.0 Å². The number of carbonyl (C=O) groups is 2. The molecule has 0 spiro atoms. The minimum Gasteiger partial charge on any atom is -0.494 e. The molecule has 0 saturated carbocycles. The fraction of sp³-hybridized carbons (Fsp3) is 0.429. The molecule has 0 aliphatic heterocycles. The number of nitrogens with one attached hydrogen (secondary N) is 1. The molecule has 3 aromatic rings. The van der Waals surface area contributed by atoms with Crippen LogP contribution < -0.4 is 21.5 Å². The van der Waals surface area contributed by atoms with Gasteiger partial charge in [0.2, 0.25) is 11.9 Å². The summed E-state index contributed by atoms with van der Waals surface area (Å²) in [4.78, 5) is 29.1. The smallest absolute Gasteiger partial charge is 0.276 e. The van der Waals surface area contributed by atoms with Crippen LogP contribution >= 0.6 is 0 Å². The van der Waals surface area contributed by atoms with Gasteiger partial charge in [-0.3, -0.25) is 19.6 Å². The van der Waals surface area contributed by atoms with E-state index in [0.717, 1.165) is 5.69 Å². The fourth-order valence-electron chi connectivity index (χ4n) is 3.23. The Bertz CT molecular complexity index is 1070. The Hall–Kier alpha value is -3.40. The number of primary amides is 1. The highest BCUT2D eigenvalue weighted by molar-refractivity contribution is 6.04. The number of nitrogens with zero attached hydrogens (tertiary/aromatic N) is 4. The molecule has 0 aliphatic carbocycles. The van der Waals surface area contributed by atoms with Crippen LogP contribution in [0.2, 0.25) is 0 Å². The maximum atomic E-state index is 12.9. The molecule has 0 fully saturated rings. The molecule has 5 N–H and O–H groups in total. The van der Waals surface area contributed by atoms with E-state index in [4.69, 9.17) is 16.2 Å². The topological polar surface area (TPSA) is 143 Å². The number of anilines is 1. The molecule has 0 atom stereocenters. The van der Waals surface area contributed by atoms with Crippen LogP contribution in [-0.2, 0) is 13.1 Å². The van der Waals surface area contributed by atoms with Gasteiger partial charge < -0.3 is 20.8 Å². The number of methoxy groups -OCH3 is 1. The summed E-state index contributed by atoms with van der Waals surface area (Å²) < 4.78 is 8.91. The van der Waals surface area contributed by atoms with Gasteiger partial charge in [0.15, 0.2) is 0 Å². The van der Waals surface area contributed by atoms with Crippen LogP contribution in [0.15, 0.2) is 18.2 Å². The number of amides is 2. The molecule has 0 aliphatic rings. The van der Waals surface area contributed by atoms with Gasteiger partial charge in [0.1, 0.15) is 17.0 Å². The molecule has 10 nitrogen and oxygen atoms in total. The van der Waals surface area contributed by atoms with Gasteiger partial charge in [-0.15, -0.1) is 0 Å². The minimum atomic E-state index is -0.588. The number of fused-ring (bicyclic) bond motifs is 1. The summed E-state index contributed by atoms with van der Waals surface area (Å²) in [6.07, 6.45) is 0.668. The largest absolute Gasteiger partial charge is 0.494 e. The number of aromatic nitrogens is 4. The number of nitrogens with two attached hydrogens (primary N) is 2. The van der Waals surface area contributed by atoms with Crippen LogP contribution in [-0.4, -0.2) is 44.8 Å². The Morgan fingerprint density at radius 2 is 1.94 bits per heavy atom. The van der Waals surface area contributed by atoms with Crippen LogP contribution in [0.3, 0.4) is 0 Å². The van der Waals surface area contributed by atoms with Gasteiger partial charge in [-0.05, 0) is 45.0 Å². The molecule has 2 heterocycles. The van der Waals surface area contributed by atoms with E-state index < -0.39 is 5.91 Å². The molecule has 1 aromatic carbocycles. The Kier molecular flexibility index (Phi) is 8.14. The first-order valence-electron chi connectivity index (χ1n) is 10.3. The van der Waals surface area contributed by atoms with Crippen molar-refractivity contribution < 1.29 is 14.3 Å². The number of imidazole rings is 1. The first kappa shape index (κ1) is 23.9. The van der Waals surface area contributed by atoms with Crippen molar-refractivity contribution in [1.82, 2.24) is 19.3 Å². The Morgan fingerprint density at radius 1 is 1.23 bits per heavy atom. The second-order valence-corrected chi connectivity index (χ2v) is 6.58. The van der Waals surface area contributed by atoms with Crippen molar-refractivity contribution in [3.05, 3.63) is 35.2 Å². The number of rotatable bonds is 8. The molecule has 2 aromatic heterocycles. The molecule has 31 heavy (non-hydrogen) atoms. The standard InChI is InChI=1S/C19H25N7O3.C2H6/c1-4-26-14(8-11(2)24-26)18(28)23-19-22-13-9-12(17(21)27)10-15(29-3)16(13)25(19)7-5-6-20;1-2/h8-10H,4-7,20H2,1-3H3,(H2,21,27)(H,22,23,28);1-2H3. The van der Waals surface area contributed by atoms with E-state index in [-0.39, 0.29) is 11.5 Å². The summed E-state index contributed by atoms with van der Waals surface area (Å²) >= 11 is 0. The third-order valence-corrected chi connectivity index (χ3v) is 4.56. The summed E-state index contributed by atoms with van der Waals surface area (Å²) in [5.41, 5.74) is 13.7. The van der Waals surface area contributed by atoms with Crippen molar-refractivity contribution in [2.24, 2.45) is 11.5 Å². The van der Waals surface area contributed by atoms with Crippen molar-refractivity contribution in [3.63, 3.8) is 0 Å². The Balaban J connectivity index is 0.00000166. The number of ether oxygens (including phenoxy) is 1. The van der Waals surface area contributed by atoms with Crippen LogP contribution in [0, 0.1) is 6.92 Å². The number of aryl methyl sites for hydroxylation is 3. The van der Waals surface area contributed by atoms with Crippen LogP contribution in [0.1, 0.15) is 53.7 Å². The molecule has 10 heteroatoms. The molecular formula is C21H31N7O3. The van der Waals surface area contributed by atoms with Gasteiger partial charge >= 0.3 is 0 Å². The SMILES string of the molecule is CC.CCn1nc(C)cc1C(=O)Nc1nc2cc(C(N)=O)cc(OC)c2n1CCCN.